The zero-order chi connectivity index (χ0) is 7.02. The molecule has 1 heterocycles. The number of hydrogen-bond donors (Lipinski definition) is 0. The van der Waals surface area contributed by atoms with Crippen molar-refractivity contribution in [2.24, 2.45) is 0 Å². The molecule has 0 aromatic heterocycles. The first-order valence-corrected chi connectivity index (χ1v) is 3.43. The highest BCUT2D eigenvalue weighted by Gasteiger charge is 2.39. The predicted molar refractivity (Wildman–Crippen MR) is 37.5 cm³/mol. The first-order valence-electron chi connectivity index (χ1n) is 3.43. The second kappa shape index (κ2) is 2.27. The van der Waals surface area contributed by atoms with Gasteiger partial charge in [0.1, 0.15) is 0 Å². The normalized spacial score (nSPS) is 44.7. The molecule has 0 bridgehead atoms. The van der Waals surface area contributed by atoms with E-state index in [2.05, 4.69) is 25.8 Å². The first kappa shape index (κ1) is 7.03. The van der Waals surface area contributed by atoms with E-state index < -0.39 is 0 Å². The van der Waals surface area contributed by atoms with Crippen LogP contribution >= 0.6 is 0 Å². The van der Waals surface area contributed by atoms with Gasteiger partial charge >= 0.3 is 0 Å². The molecular weight excluding hydrogens is 114 g/mol. The number of likely N-dealkylation sites (tertiary alicyclic amines) is 1. The van der Waals surface area contributed by atoms with Crippen LogP contribution in [0.3, 0.4) is 0 Å². The van der Waals surface area contributed by atoms with Crippen molar-refractivity contribution in [3.05, 3.63) is 0 Å². The van der Waals surface area contributed by atoms with E-state index >= 15 is 0 Å². The average Bonchev–Trinajstić information content (AvgIpc) is 1.89. The highest BCUT2D eigenvalue weighted by atomic mass is 16.5. The number of ether oxygens (including phenoxy) is 1. The summed E-state index contributed by atoms with van der Waals surface area (Å²) >= 11 is 0. The molecular formula is C7H15NO. The van der Waals surface area contributed by atoms with Crippen LogP contribution in [0.1, 0.15) is 13.8 Å². The molecule has 0 N–H and O–H groups in total. The highest BCUT2D eigenvalue weighted by Crippen LogP contribution is 2.25. The van der Waals surface area contributed by atoms with Gasteiger partial charge in [0.25, 0.3) is 0 Å². The van der Waals surface area contributed by atoms with Crippen LogP contribution in [0.25, 0.3) is 0 Å². The topological polar surface area (TPSA) is 12.5 Å². The Hall–Kier alpha value is -0.0800. The number of likely N-dealkylation sites (N-methyl/N-ethyl adjacent to an activating group) is 1. The molecule has 0 spiro atoms. The molecule has 0 radical (unpaired) electrons. The Kier molecular flexibility index (Phi) is 1.78. The van der Waals surface area contributed by atoms with Crippen LogP contribution in [-0.4, -0.2) is 37.2 Å². The van der Waals surface area contributed by atoms with Gasteiger partial charge in [-0.2, -0.15) is 0 Å². The number of hydrogen-bond acceptors (Lipinski definition) is 2. The van der Waals surface area contributed by atoms with Gasteiger partial charge in [0, 0.05) is 19.2 Å². The Morgan fingerprint density at radius 1 is 1.22 bits per heavy atom. The maximum atomic E-state index is 5.24. The molecule has 0 saturated carbocycles. The quantitative estimate of drug-likeness (QED) is 0.517. The summed E-state index contributed by atoms with van der Waals surface area (Å²) in [6.45, 7) is 4.38. The van der Waals surface area contributed by atoms with Crippen LogP contribution in [0.2, 0.25) is 0 Å². The van der Waals surface area contributed by atoms with Crippen molar-refractivity contribution in [2.45, 2.75) is 32.0 Å². The second-order valence-corrected chi connectivity index (χ2v) is 2.85. The second-order valence-electron chi connectivity index (χ2n) is 2.85. The van der Waals surface area contributed by atoms with E-state index in [1.54, 1.807) is 7.11 Å². The molecule has 1 fully saturated rings. The van der Waals surface area contributed by atoms with Crippen LogP contribution < -0.4 is 0 Å². The van der Waals surface area contributed by atoms with E-state index in [4.69, 9.17) is 4.74 Å². The molecule has 0 aromatic rings. The summed E-state index contributed by atoms with van der Waals surface area (Å²) in [4.78, 5) is 2.31. The van der Waals surface area contributed by atoms with Gasteiger partial charge in [0.2, 0.25) is 0 Å². The first-order chi connectivity index (χ1) is 4.18. The Morgan fingerprint density at radius 2 is 1.67 bits per heavy atom. The minimum atomic E-state index is 0.454. The van der Waals surface area contributed by atoms with Gasteiger partial charge in [-0.05, 0) is 20.9 Å². The number of methoxy groups -OCH3 is 1. The molecule has 1 aliphatic rings. The van der Waals surface area contributed by atoms with Crippen molar-refractivity contribution in [1.29, 1.82) is 0 Å². The van der Waals surface area contributed by atoms with Crippen LogP contribution in [0, 0.1) is 0 Å². The zero-order valence-corrected chi connectivity index (χ0v) is 6.59. The summed E-state index contributed by atoms with van der Waals surface area (Å²) in [7, 11) is 3.91. The average molecular weight is 129 g/mol. The smallest absolute Gasteiger partial charge is 0.0875 e. The molecule has 2 nitrogen and oxygen atoms in total. The van der Waals surface area contributed by atoms with Gasteiger partial charge < -0.3 is 4.74 Å². The SMILES string of the molecule is COC1C(C)N(C)C1C. The van der Waals surface area contributed by atoms with Crippen LogP contribution in [0.15, 0.2) is 0 Å². The van der Waals surface area contributed by atoms with Crippen LogP contribution in [0.4, 0.5) is 0 Å². The van der Waals surface area contributed by atoms with Gasteiger partial charge in [-0.15, -0.1) is 0 Å². The summed E-state index contributed by atoms with van der Waals surface area (Å²) in [6, 6.07) is 1.20. The largest absolute Gasteiger partial charge is 0.378 e. The standard InChI is InChI=1S/C7H15NO/c1-5-7(9-4)6(2)8(5)3/h5-7H,1-4H3. The fraction of sp³-hybridized carbons (Fsp3) is 1.00. The zero-order valence-electron chi connectivity index (χ0n) is 6.59. The predicted octanol–water partition coefficient (Wildman–Crippen LogP) is 0.724. The van der Waals surface area contributed by atoms with Gasteiger partial charge in [0.05, 0.1) is 6.10 Å². The van der Waals surface area contributed by atoms with Gasteiger partial charge in [-0.3, -0.25) is 4.90 Å². The van der Waals surface area contributed by atoms with E-state index in [0.29, 0.717) is 18.2 Å². The molecule has 0 aliphatic carbocycles. The molecule has 0 aromatic carbocycles. The van der Waals surface area contributed by atoms with E-state index in [9.17, 15) is 0 Å². The Labute approximate surface area is 56.8 Å². The third-order valence-electron chi connectivity index (χ3n) is 2.51. The van der Waals surface area contributed by atoms with E-state index in [1.165, 1.54) is 0 Å². The summed E-state index contributed by atoms with van der Waals surface area (Å²) < 4.78 is 5.24. The van der Waals surface area contributed by atoms with Crippen molar-refractivity contribution in [3.63, 3.8) is 0 Å². The van der Waals surface area contributed by atoms with Crippen molar-refractivity contribution < 1.29 is 4.74 Å². The third-order valence-corrected chi connectivity index (χ3v) is 2.51. The van der Waals surface area contributed by atoms with Crippen LogP contribution in [0.5, 0.6) is 0 Å². The molecule has 9 heavy (non-hydrogen) atoms. The maximum Gasteiger partial charge on any atom is 0.0875 e. The van der Waals surface area contributed by atoms with Gasteiger partial charge in [-0.1, -0.05) is 0 Å². The number of nitrogens with zero attached hydrogens (tertiary/aromatic N) is 1. The van der Waals surface area contributed by atoms with Crippen molar-refractivity contribution >= 4 is 0 Å². The van der Waals surface area contributed by atoms with Crippen molar-refractivity contribution in [1.82, 2.24) is 4.90 Å². The summed E-state index contributed by atoms with van der Waals surface area (Å²) in [5.41, 5.74) is 0. The molecule has 2 atom stereocenters. The molecule has 1 saturated heterocycles. The molecule has 0 amide bonds. The number of rotatable bonds is 1. The van der Waals surface area contributed by atoms with E-state index in [1.807, 2.05) is 0 Å². The fourth-order valence-electron chi connectivity index (χ4n) is 1.53. The summed E-state index contributed by atoms with van der Waals surface area (Å²) in [6.07, 6.45) is 0.454. The lowest BCUT2D eigenvalue weighted by molar-refractivity contribution is -0.108. The van der Waals surface area contributed by atoms with Gasteiger partial charge in [-0.25, -0.2) is 0 Å². The molecule has 1 aliphatic heterocycles. The molecule has 54 valence electrons. The summed E-state index contributed by atoms with van der Waals surface area (Å²) in [5.74, 6) is 0. The monoisotopic (exact) mass is 129 g/mol. The minimum absolute atomic E-state index is 0.454. The highest BCUT2D eigenvalue weighted by molar-refractivity contribution is 4.94. The van der Waals surface area contributed by atoms with Crippen LogP contribution in [-0.2, 0) is 4.74 Å². The summed E-state index contributed by atoms with van der Waals surface area (Å²) in [5, 5.41) is 0. The Morgan fingerprint density at radius 3 is 1.89 bits per heavy atom. The molecule has 1 rings (SSSR count). The molecule has 2 unspecified atom stereocenters. The lowest BCUT2D eigenvalue weighted by atomic mass is 9.93. The maximum absolute atomic E-state index is 5.24. The Balaban J connectivity index is 2.41. The van der Waals surface area contributed by atoms with Crippen molar-refractivity contribution in [2.75, 3.05) is 14.2 Å². The van der Waals surface area contributed by atoms with Gasteiger partial charge in [0.15, 0.2) is 0 Å². The Bertz CT molecular complexity index is 95.1. The molecule has 2 heteroatoms. The third kappa shape index (κ3) is 0.864. The lowest BCUT2D eigenvalue weighted by Gasteiger charge is -2.49. The minimum Gasteiger partial charge on any atom is -0.378 e. The van der Waals surface area contributed by atoms with E-state index in [0.717, 1.165) is 0 Å². The van der Waals surface area contributed by atoms with Crippen molar-refractivity contribution in [3.8, 4) is 0 Å². The lowest BCUT2D eigenvalue weighted by Crippen LogP contribution is -2.63. The van der Waals surface area contributed by atoms with E-state index in [-0.39, 0.29) is 0 Å². The fourth-order valence-corrected chi connectivity index (χ4v) is 1.53.